The Morgan fingerprint density at radius 3 is 3.21 bits per heavy atom. The van der Waals surface area contributed by atoms with Gasteiger partial charge in [0.2, 0.25) is 0 Å². The van der Waals surface area contributed by atoms with E-state index < -0.39 is 0 Å². The molecule has 3 rings (SSSR count). The van der Waals surface area contributed by atoms with E-state index in [0.717, 1.165) is 19.1 Å². The van der Waals surface area contributed by atoms with E-state index in [4.69, 9.17) is 4.74 Å². The monoisotopic (exact) mass is 297 g/mol. The first-order valence-electron chi connectivity index (χ1n) is 7.31. The van der Waals surface area contributed by atoms with E-state index in [0.29, 0.717) is 6.04 Å². The quantitative estimate of drug-likeness (QED) is 0.915. The molecule has 2 aliphatic heterocycles. The Kier molecular flexibility index (Phi) is 4.52. The van der Waals surface area contributed by atoms with Gasteiger partial charge in [-0.25, -0.2) is 0 Å². The van der Waals surface area contributed by atoms with Crippen LogP contribution in [0.25, 0.3) is 0 Å². The van der Waals surface area contributed by atoms with E-state index in [2.05, 4.69) is 41.5 Å². The van der Waals surface area contributed by atoms with Gasteiger partial charge in [0, 0.05) is 23.3 Å². The second-order valence-electron chi connectivity index (χ2n) is 5.64. The van der Waals surface area contributed by atoms with Crippen molar-refractivity contribution in [2.24, 2.45) is 5.92 Å². The highest BCUT2D eigenvalue weighted by atomic mass is 32.2. The number of rotatable bonds is 4. The van der Waals surface area contributed by atoms with Crippen LogP contribution < -0.4 is 5.32 Å². The number of hydrogen-bond donors (Lipinski definition) is 1. The second-order valence-corrected chi connectivity index (χ2v) is 7.72. The molecule has 3 unspecified atom stereocenters. The number of hydrogen-bond acceptors (Lipinski definition) is 4. The van der Waals surface area contributed by atoms with Crippen molar-refractivity contribution in [2.75, 3.05) is 24.7 Å². The number of nitrogens with one attached hydrogen (secondary N) is 1. The standard InChI is InChI=1S/C15H23NOS2/c1-2-16-14(13-4-3-8-19-13)12-5-7-17-15(10-12)6-9-18-11-15/h3-4,8,12,14,16H,2,5-7,9-11H2,1H3. The van der Waals surface area contributed by atoms with Crippen LogP contribution in [0.15, 0.2) is 17.5 Å². The summed E-state index contributed by atoms with van der Waals surface area (Å²) in [6.45, 7) is 4.20. The van der Waals surface area contributed by atoms with Crippen LogP contribution >= 0.6 is 23.1 Å². The molecule has 2 saturated heterocycles. The van der Waals surface area contributed by atoms with Gasteiger partial charge in [-0.15, -0.1) is 11.3 Å². The van der Waals surface area contributed by atoms with Gasteiger partial charge in [-0.3, -0.25) is 0 Å². The highest BCUT2D eigenvalue weighted by molar-refractivity contribution is 7.99. The number of thiophene rings is 1. The first-order chi connectivity index (χ1) is 9.33. The maximum absolute atomic E-state index is 6.16. The van der Waals surface area contributed by atoms with Gasteiger partial charge < -0.3 is 10.1 Å². The average molecular weight is 297 g/mol. The fraction of sp³-hybridized carbons (Fsp3) is 0.733. The molecule has 19 heavy (non-hydrogen) atoms. The van der Waals surface area contributed by atoms with Gasteiger partial charge in [0.05, 0.1) is 5.60 Å². The van der Waals surface area contributed by atoms with E-state index in [1.54, 1.807) is 0 Å². The van der Waals surface area contributed by atoms with Crippen LogP contribution in [0.5, 0.6) is 0 Å². The Bertz CT molecular complexity index is 387. The summed E-state index contributed by atoms with van der Waals surface area (Å²) in [5.41, 5.74) is 0.193. The van der Waals surface area contributed by atoms with Crippen molar-refractivity contribution in [3.8, 4) is 0 Å². The summed E-state index contributed by atoms with van der Waals surface area (Å²) in [6, 6.07) is 4.98. The molecule has 3 heterocycles. The molecule has 106 valence electrons. The van der Waals surface area contributed by atoms with Gasteiger partial charge >= 0.3 is 0 Å². The van der Waals surface area contributed by atoms with Gasteiger partial charge in [-0.2, -0.15) is 11.8 Å². The Labute approximate surface area is 124 Å². The van der Waals surface area contributed by atoms with Crippen LogP contribution in [0.4, 0.5) is 0 Å². The van der Waals surface area contributed by atoms with E-state index in [9.17, 15) is 0 Å². The molecule has 0 amide bonds. The minimum Gasteiger partial charge on any atom is -0.374 e. The predicted octanol–water partition coefficient (Wildman–Crippen LogP) is 3.70. The Morgan fingerprint density at radius 1 is 1.58 bits per heavy atom. The molecular weight excluding hydrogens is 274 g/mol. The van der Waals surface area contributed by atoms with Crippen LogP contribution in [-0.4, -0.2) is 30.3 Å². The second kappa shape index (κ2) is 6.17. The smallest absolute Gasteiger partial charge is 0.0783 e. The summed E-state index contributed by atoms with van der Waals surface area (Å²) in [5.74, 6) is 3.20. The molecule has 3 atom stereocenters. The first-order valence-corrected chi connectivity index (χ1v) is 9.35. The molecule has 0 saturated carbocycles. The van der Waals surface area contributed by atoms with Crippen LogP contribution in [-0.2, 0) is 4.74 Å². The molecule has 0 aromatic carbocycles. The molecule has 0 radical (unpaired) electrons. The number of ether oxygens (including phenoxy) is 1. The van der Waals surface area contributed by atoms with Crippen LogP contribution in [0, 0.1) is 5.92 Å². The van der Waals surface area contributed by atoms with Crippen molar-refractivity contribution < 1.29 is 4.74 Å². The minimum atomic E-state index is 0.193. The molecule has 1 N–H and O–H groups in total. The van der Waals surface area contributed by atoms with Gasteiger partial charge in [0.25, 0.3) is 0 Å². The highest BCUT2D eigenvalue weighted by Gasteiger charge is 2.42. The van der Waals surface area contributed by atoms with Crippen LogP contribution in [0.2, 0.25) is 0 Å². The SMILES string of the molecule is CCNC(c1cccs1)C1CCOC2(CCSC2)C1. The zero-order chi connectivity index (χ0) is 13.1. The highest BCUT2D eigenvalue weighted by Crippen LogP contribution is 2.44. The van der Waals surface area contributed by atoms with Crippen molar-refractivity contribution in [1.82, 2.24) is 5.32 Å². The summed E-state index contributed by atoms with van der Waals surface area (Å²) in [6.07, 6.45) is 3.68. The maximum Gasteiger partial charge on any atom is 0.0783 e. The molecule has 0 aliphatic carbocycles. The molecule has 1 aromatic rings. The van der Waals surface area contributed by atoms with Crippen LogP contribution in [0.1, 0.15) is 37.1 Å². The van der Waals surface area contributed by atoms with Crippen molar-refractivity contribution in [3.05, 3.63) is 22.4 Å². The Hall–Kier alpha value is -0.0300. The lowest BCUT2D eigenvalue weighted by molar-refractivity contribution is -0.0851. The number of thioether (sulfide) groups is 1. The van der Waals surface area contributed by atoms with E-state index in [-0.39, 0.29) is 5.60 Å². The molecule has 2 fully saturated rings. The third-order valence-electron chi connectivity index (χ3n) is 4.34. The van der Waals surface area contributed by atoms with Gasteiger partial charge in [-0.05, 0) is 48.9 Å². The third kappa shape index (κ3) is 3.02. The summed E-state index contributed by atoms with van der Waals surface area (Å²) >= 11 is 3.95. The lowest BCUT2D eigenvalue weighted by atomic mass is 9.80. The largest absolute Gasteiger partial charge is 0.374 e. The lowest BCUT2D eigenvalue weighted by Gasteiger charge is -2.41. The van der Waals surface area contributed by atoms with Crippen molar-refractivity contribution in [1.29, 1.82) is 0 Å². The molecule has 4 heteroatoms. The topological polar surface area (TPSA) is 21.3 Å². The van der Waals surface area contributed by atoms with Crippen LogP contribution in [0.3, 0.4) is 0 Å². The van der Waals surface area contributed by atoms with E-state index in [1.165, 1.54) is 35.6 Å². The molecule has 0 bridgehead atoms. The normalized spacial score (nSPS) is 32.8. The van der Waals surface area contributed by atoms with Crippen molar-refractivity contribution in [3.63, 3.8) is 0 Å². The molecule has 2 aliphatic rings. The fourth-order valence-corrected chi connectivity index (χ4v) is 5.67. The molecule has 2 nitrogen and oxygen atoms in total. The van der Waals surface area contributed by atoms with Crippen molar-refractivity contribution >= 4 is 23.1 Å². The fourth-order valence-electron chi connectivity index (χ4n) is 3.40. The lowest BCUT2D eigenvalue weighted by Crippen LogP contribution is -2.43. The Balaban J connectivity index is 1.74. The van der Waals surface area contributed by atoms with E-state index >= 15 is 0 Å². The molecule has 1 spiro atoms. The minimum absolute atomic E-state index is 0.193. The third-order valence-corrected chi connectivity index (χ3v) is 6.52. The Morgan fingerprint density at radius 2 is 2.53 bits per heavy atom. The maximum atomic E-state index is 6.16. The average Bonchev–Trinajstić information content (AvgIpc) is 3.08. The summed E-state index contributed by atoms with van der Waals surface area (Å²) in [5, 5.41) is 5.90. The zero-order valence-electron chi connectivity index (χ0n) is 11.6. The summed E-state index contributed by atoms with van der Waals surface area (Å²) in [4.78, 5) is 1.49. The van der Waals surface area contributed by atoms with Crippen molar-refractivity contribution in [2.45, 2.75) is 37.8 Å². The first kappa shape index (κ1) is 13.9. The predicted molar refractivity (Wildman–Crippen MR) is 84.1 cm³/mol. The molecular formula is C15H23NOS2. The summed E-state index contributed by atoms with van der Waals surface area (Å²) < 4.78 is 6.16. The van der Waals surface area contributed by atoms with Gasteiger partial charge in [0.1, 0.15) is 0 Å². The molecule has 1 aromatic heterocycles. The summed E-state index contributed by atoms with van der Waals surface area (Å²) in [7, 11) is 0. The zero-order valence-corrected chi connectivity index (χ0v) is 13.2. The van der Waals surface area contributed by atoms with Gasteiger partial charge in [0.15, 0.2) is 0 Å². The van der Waals surface area contributed by atoms with Gasteiger partial charge in [-0.1, -0.05) is 13.0 Å². The van der Waals surface area contributed by atoms with E-state index in [1.807, 2.05) is 11.3 Å².